The summed E-state index contributed by atoms with van der Waals surface area (Å²) < 4.78 is 44.5. The van der Waals surface area contributed by atoms with Gasteiger partial charge in [0, 0.05) is 74.8 Å². The van der Waals surface area contributed by atoms with Crippen molar-refractivity contribution in [3.05, 3.63) is 53.8 Å². The number of rotatable bonds is 12. The molecule has 1 aromatic heterocycles. The smallest absolute Gasteiger partial charge is 0.329 e. The van der Waals surface area contributed by atoms with Crippen molar-refractivity contribution in [1.82, 2.24) is 9.88 Å². The van der Waals surface area contributed by atoms with E-state index >= 15 is 4.79 Å². The van der Waals surface area contributed by atoms with Gasteiger partial charge in [-0.25, -0.2) is 4.79 Å². The molecular formula is C59H91N3O13Si. The van der Waals surface area contributed by atoms with Gasteiger partial charge in [0.15, 0.2) is 8.32 Å². The average molecular weight is 1080 g/mol. The van der Waals surface area contributed by atoms with Crippen molar-refractivity contribution in [2.45, 2.75) is 206 Å². The van der Waals surface area contributed by atoms with Crippen LogP contribution in [0.5, 0.6) is 0 Å². The molecule has 2 saturated heterocycles. The van der Waals surface area contributed by atoms with E-state index in [1.54, 1.807) is 28.3 Å². The maximum Gasteiger partial charge on any atom is 0.329 e. The third kappa shape index (κ3) is 14.6. The fourth-order valence-corrected chi connectivity index (χ4v) is 13.2. The van der Waals surface area contributed by atoms with Gasteiger partial charge in [0.25, 0.3) is 11.7 Å². The molecule has 3 aliphatic heterocycles. The van der Waals surface area contributed by atoms with Crippen LogP contribution in [0.4, 0.5) is 5.69 Å². The number of allylic oxidation sites excluding steroid dienone is 3. The van der Waals surface area contributed by atoms with Crippen LogP contribution in [0.25, 0.3) is 10.9 Å². The third-order valence-electron chi connectivity index (χ3n) is 17.4. The second-order valence-corrected chi connectivity index (χ2v) is 28.9. The Morgan fingerprint density at radius 1 is 0.921 bits per heavy atom. The number of anilines is 1. The van der Waals surface area contributed by atoms with E-state index < -0.39 is 86.1 Å². The third-order valence-corrected chi connectivity index (χ3v) is 21.9. The van der Waals surface area contributed by atoms with Crippen molar-refractivity contribution in [3.8, 4) is 0 Å². The van der Waals surface area contributed by atoms with Crippen LogP contribution in [0.15, 0.2) is 53.8 Å². The van der Waals surface area contributed by atoms with Crippen LogP contribution in [-0.4, -0.2) is 142 Å². The quantitative estimate of drug-likeness (QED) is 0.0786. The Balaban J connectivity index is 1.34. The topological polar surface area (TPSA) is 201 Å². The minimum absolute atomic E-state index is 0.0290. The summed E-state index contributed by atoms with van der Waals surface area (Å²) in [6, 6.07) is 6.47. The van der Waals surface area contributed by atoms with E-state index in [-0.39, 0.29) is 73.2 Å². The first-order valence-corrected chi connectivity index (χ1v) is 30.8. The number of Topliss-reactive ketones (excluding diaryl/α,β-unsaturated/α-hetero) is 2. The summed E-state index contributed by atoms with van der Waals surface area (Å²) in [5, 5.41) is 16.0. The van der Waals surface area contributed by atoms with E-state index in [2.05, 4.69) is 63.2 Å². The van der Waals surface area contributed by atoms with Crippen LogP contribution in [-0.2, 0) is 56.8 Å². The van der Waals surface area contributed by atoms with Crippen molar-refractivity contribution < 1.29 is 61.9 Å². The van der Waals surface area contributed by atoms with Crippen LogP contribution in [0.1, 0.15) is 133 Å². The van der Waals surface area contributed by atoms with Gasteiger partial charge in [-0.05, 0) is 138 Å². The van der Waals surface area contributed by atoms with Gasteiger partial charge in [-0.3, -0.25) is 19.2 Å². The molecule has 2 aromatic rings. The fraction of sp³-hybridized carbons (Fsp3) is 0.712. The lowest BCUT2D eigenvalue weighted by atomic mass is 9.81. The lowest BCUT2D eigenvalue weighted by Crippen LogP contribution is -2.64. The van der Waals surface area contributed by atoms with Crippen LogP contribution in [0.2, 0.25) is 18.1 Å². The lowest BCUT2D eigenvalue weighted by molar-refractivity contribution is -0.302. The summed E-state index contributed by atoms with van der Waals surface area (Å²) in [6.45, 7) is 22.4. The Morgan fingerprint density at radius 3 is 2.29 bits per heavy atom. The minimum atomic E-state index is -2.58. The number of fused-ring (bicyclic) bond motifs is 4. The zero-order valence-corrected chi connectivity index (χ0v) is 49.0. The Labute approximate surface area is 453 Å². The molecule has 17 heteroatoms. The highest BCUT2D eigenvalue weighted by atomic mass is 28.4. The molecule has 0 spiro atoms. The molecule has 2 amide bonds. The Hall–Kier alpha value is -4.07. The number of methoxy groups -OCH3 is 3. The number of ether oxygens (including phenoxy) is 6. The zero-order valence-electron chi connectivity index (χ0n) is 48.0. The van der Waals surface area contributed by atoms with Crippen molar-refractivity contribution >= 4 is 54.3 Å². The number of aromatic amines is 1. The molecule has 14 unspecified atom stereocenters. The largest absolute Gasteiger partial charge is 0.456 e. The number of benzene rings is 1. The van der Waals surface area contributed by atoms with E-state index in [0.29, 0.717) is 57.1 Å². The predicted molar refractivity (Wildman–Crippen MR) is 295 cm³/mol. The number of H-pyrrole nitrogens is 1. The number of hydrogen-bond acceptors (Lipinski definition) is 13. The minimum Gasteiger partial charge on any atom is -0.456 e. The number of hydrogen-bond donors (Lipinski definition) is 3. The molecule has 4 aliphatic rings. The van der Waals surface area contributed by atoms with Crippen LogP contribution in [0, 0.1) is 29.6 Å². The second kappa shape index (κ2) is 26.3. The standard InChI is InChI=1S/C59H91N3O13Si/c1-15-41-27-35(2)26-36(3)28-50(70-11)54-51(71-12)30-38(5)59(68,74-54)55(65)56(66)62-25-17-16-18-45(62)57(67)73-53(39(6)48(33-46(41)63)75-76(13,14)58(7,8)9)37(4)29-40-19-22-47(49(31-40)69-10)72-34-52(64)61-43-20-21-44-42(32-43)23-24-60-44/h20-21,23-24,27,29,32,36,38-41,45,47-51,53-54,60,68H,15-19,22,25-26,28,30-31,33-34H2,1-14H3,(H,61,64)/b35-27+,37-29?. The van der Waals surface area contributed by atoms with E-state index in [9.17, 15) is 24.3 Å². The van der Waals surface area contributed by atoms with Gasteiger partial charge in [-0.2, -0.15) is 0 Å². The number of aromatic nitrogens is 1. The summed E-state index contributed by atoms with van der Waals surface area (Å²) in [5.41, 5.74) is 3.44. The molecule has 2 bridgehead atoms. The highest BCUT2D eigenvalue weighted by Crippen LogP contribution is 2.42. The van der Waals surface area contributed by atoms with E-state index in [1.807, 2.05) is 58.2 Å². The molecule has 4 heterocycles. The maximum absolute atomic E-state index is 15.0. The van der Waals surface area contributed by atoms with E-state index in [4.69, 9.17) is 32.8 Å². The molecule has 1 saturated carbocycles. The molecule has 76 heavy (non-hydrogen) atoms. The first kappa shape index (κ1) is 61.1. The van der Waals surface area contributed by atoms with Crippen molar-refractivity contribution in [3.63, 3.8) is 0 Å². The normalized spacial score (nSPS) is 34.2. The first-order chi connectivity index (χ1) is 35.8. The molecule has 6 rings (SSSR count). The second-order valence-electron chi connectivity index (χ2n) is 24.1. The van der Waals surface area contributed by atoms with Crippen LogP contribution < -0.4 is 5.32 Å². The van der Waals surface area contributed by atoms with Gasteiger partial charge >= 0.3 is 5.97 Å². The summed E-state index contributed by atoms with van der Waals surface area (Å²) >= 11 is 0. The Bertz CT molecular complexity index is 2390. The number of esters is 1. The molecule has 3 N–H and O–H groups in total. The highest BCUT2D eigenvalue weighted by Gasteiger charge is 2.57. The predicted octanol–water partition coefficient (Wildman–Crippen LogP) is 9.65. The monoisotopic (exact) mass is 1080 g/mol. The Morgan fingerprint density at radius 2 is 1.62 bits per heavy atom. The molecule has 14 atom stereocenters. The number of carbonyl (C=O) groups excluding carboxylic acids is 5. The van der Waals surface area contributed by atoms with Gasteiger partial charge in [-0.15, -0.1) is 0 Å². The average Bonchev–Trinajstić information content (AvgIpc) is 3.85. The molecule has 1 aromatic carbocycles. The number of ketones is 2. The van der Waals surface area contributed by atoms with Gasteiger partial charge in [0.05, 0.1) is 30.5 Å². The van der Waals surface area contributed by atoms with Crippen molar-refractivity contribution in [2.75, 3.05) is 39.8 Å². The molecule has 0 radical (unpaired) electrons. The van der Waals surface area contributed by atoms with Crippen molar-refractivity contribution in [1.29, 1.82) is 0 Å². The summed E-state index contributed by atoms with van der Waals surface area (Å²) in [5.74, 6) is -7.41. The van der Waals surface area contributed by atoms with Gasteiger partial charge in [0.2, 0.25) is 11.7 Å². The molecule has 424 valence electrons. The Kier molecular flexibility index (Phi) is 21.1. The van der Waals surface area contributed by atoms with Gasteiger partial charge < -0.3 is 53.2 Å². The number of piperidine rings is 1. The molecule has 3 fully saturated rings. The maximum atomic E-state index is 15.0. The number of nitrogens with zero attached hydrogens (tertiary/aromatic N) is 1. The summed E-state index contributed by atoms with van der Waals surface area (Å²) in [7, 11) is 2.16. The fourth-order valence-electron chi connectivity index (χ4n) is 11.8. The number of carbonyl (C=O) groups is 5. The molecule has 1 aliphatic carbocycles. The molecule has 16 nitrogen and oxygen atoms in total. The number of nitrogens with one attached hydrogen (secondary N) is 2. The summed E-state index contributed by atoms with van der Waals surface area (Å²) in [6.07, 6.45) is 6.94. The molecular weight excluding hydrogens is 987 g/mol. The zero-order chi connectivity index (χ0) is 55.9. The van der Waals surface area contributed by atoms with Crippen molar-refractivity contribution in [2.24, 2.45) is 29.6 Å². The highest BCUT2D eigenvalue weighted by molar-refractivity contribution is 6.74. The number of cyclic esters (lactones) is 1. The number of aliphatic hydroxyl groups is 1. The van der Waals surface area contributed by atoms with E-state index in [1.165, 1.54) is 4.90 Å². The summed E-state index contributed by atoms with van der Waals surface area (Å²) in [4.78, 5) is 76.6. The first-order valence-electron chi connectivity index (χ1n) is 27.9. The lowest BCUT2D eigenvalue weighted by Gasteiger charge is -2.47. The SMILES string of the molecule is CCC1/C=C(\C)CC(C)CC(OC)C2OC(O)(C(=O)C(=O)N3CCCCC3C(=O)OC(C(C)=CC3CCC(OCC(=O)Nc4ccc5[nH]ccc5c4)C(OC)C3)C(C)C(O[Si](C)(C)C(C)(C)C)CC1=O)C(C)CC2OC. The van der Waals surface area contributed by atoms with Crippen LogP contribution in [0.3, 0.4) is 0 Å². The number of amides is 2. The van der Waals surface area contributed by atoms with Gasteiger partial charge in [0.1, 0.15) is 30.6 Å². The van der Waals surface area contributed by atoms with E-state index in [0.717, 1.165) is 22.0 Å². The van der Waals surface area contributed by atoms with Crippen LogP contribution >= 0.6 is 0 Å². The van der Waals surface area contributed by atoms with Gasteiger partial charge in [-0.1, -0.05) is 66.2 Å².